The SMILES string of the molecule is COC(C)(C)CNCc1ccc(S(=O)(=O)N(C)C)o1. The fourth-order valence-corrected chi connectivity index (χ4v) is 2.14. The number of sulfonamides is 1. The Morgan fingerprint density at radius 3 is 2.53 bits per heavy atom. The average molecular weight is 290 g/mol. The van der Waals surface area contributed by atoms with Crippen molar-refractivity contribution in [3.63, 3.8) is 0 Å². The molecule has 0 atom stereocenters. The van der Waals surface area contributed by atoms with Gasteiger partial charge in [0, 0.05) is 27.7 Å². The van der Waals surface area contributed by atoms with Crippen molar-refractivity contribution < 1.29 is 17.6 Å². The third kappa shape index (κ3) is 4.31. The number of nitrogens with one attached hydrogen (secondary N) is 1. The molecule has 0 fully saturated rings. The average Bonchev–Trinajstić information content (AvgIpc) is 2.78. The van der Waals surface area contributed by atoms with E-state index in [0.717, 1.165) is 4.31 Å². The lowest BCUT2D eigenvalue weighted by atomic mass is 10.1. The van der Waals surface area contributed by atoms with Crippen LogP contribution in [0.25, 0.3) is 0 Å². The molecule has 0 radical (unpaired) electrons. The topological polar surface area (TPSA) is 71.8 Å². The van der Waals surface area contributed by atoms with Crippen molar-refractivity contribution in [2.45, 2.75) is 31.1 Å². The van der Waals surface area contributed by atoms with Crippen LogP contribution in [0.4, 0.5) is 0 Å². The lowest BCUT2D eigenvalue weighted by Gasteiger charge is -2.22. The molecule has 0 aliphatic carbocycles. The summed E-state index contributed by atoms with van der Waals surface area (Å²) in [5.74, 6) is 0.576. The Kier molecular flexibility index (Phi) is 5.14. The monoisotopic (exact) mass is 290 g/mol. The summed E-state index contributed by atoms with van der Waals surface area (Å²) in [4.78, 5) is 0. The molecule has 110 valence electrons. The molecular formula is C12H22N2O4S. The van der Waals surface area contributed by atoms with Crippen LogP contribution < -0.4 is 5.32 Å². The van der Waals surface area contributed by atoms with Crippen molar-refractivity contribution in [2.75, 3.05) is 27.7 Å². The van der Waals surface area contributed by atoms with E-state index < -0.39 is 10.0 Å². The van der Waals surface area contributed by atoms with Crippen molar-refractivity contribution >= 4 is 10.0 Å². The van der Waals surface area contributed by atoms with Crippen LogP contribution in [0.5, 0.6) is 0 Å². The number of hydrogen-bond acceptors (Lipinski definition) is 5. The molecule has 0 unspecified atom stereocenters. The Morgan fingerprint density at radius 2 is 2.00 bits per heavy atom. The fraction of sp³-hybridized carbons (Fsp3) is 0.667. The Hall–Kier alpha value is -0.890. The first-order valence-electron chi connectivity index (χ1n) is 5.96. The van der Waals surface area contributed by atoms with Gasteiger partial charge in [0.1, 0.15) is 5.76 Å². The van der Waals surface area contributed by atoms with Crippen LogP contribution in [0.1, 0.15) is 19.6 Å². The molecule has 19 heavy (non-hydrogen) atoms. The van der Waals surface area contributed by atoms with E-state index in [9.17, 15) is 8.42 Å². The van der Waals surface area contributed by atoms with Gasteiger partial charge in [-0.15, -0.1) is 0 Å². The molecule has 0 saturated carbocycles. The Bertz CT molecular complexity index is 506. The Balaban J connectivity index is 2.62. The molecule has 1 N–H and O–H groups in total. The second kappa shape index (κ2) is 6.04. The highest BCUT2D eigenvalue weighted by molar-refractivity contribution is 7.88. The molecule has 1 rings (SSSR count). The minimum atomic E-state index is -3.50. The number of hydrogen-bond donors (Lipinski definition) is 1. The minimum absolute atomic E-state index is 0.0414. The maximum atomic E-state index is 11.8. The second-order valence-electron chi connectivity index (χ2n) is 5.08. The first kappa shape index (κ1) is 16.2. The van der Waals surface area contributed by atoms with Crippen LogP contribution in [0, 0.1) is 0 Å². The molecule has 1 heterocycles. The number of methoxy groups -OCH3 is 1. The lowest BCUT2D eigenvalue weighted by molar-refractivity contribution is 0.0227. The first-order valence-corrected chi connectivity index (χ1v) is 7.40. The van der Waals surface area contributed by atoms with Crippen LogP contribution in [-0.4, -0.2) is 46.1 Å². The summed E-state index contributed by atoms with van der Waals surface area (Å²) in [6, 6.07) is 3.12. The summed E-state index contributed by atoms with van der Waals surface area (Å²) in [5, 5.41) is 3.12. The molecule has 1 aromatic heterocycles. The van der Waals surface area contributed by atoms with Gasteiger partial charge in [-0.1, -0.05) is 0 Å². The lowest BCUT2D eigenvalue weighted by Crippen LogP contribution is -2.36. The van der Waals surface area contributed by atoms with E-state index in [2.05, 4.69) is 5.32 Å². The van der Waals surface area contributed by atoms with Gasteiger partial charge in [0.2, 0.25) is 5.09 Å². The maximum absolute atomic E-state index is 11.8. The normalized spacial score (nSPS) is 13.2. The molecule has 0 saturated heterocycles. The minimum Gasteiger partial charge on any atom is -0.447 e. The predicted octanol–water partition coefficient (Wildman–Crippen LogP) is 1.04. The van der Waals surface area contributed by atoms with E-state index in [1.165, 1.54) is 20.2 Å². The van der Waals surface area contributed by atoms with Gasteiger partial charge in [0.25, 0.3) is 10.0 Å². The van der Waals surface area contributed by atoms with Gasteiger partial charge in [-0.3, -0.25) is 0 Å². The van der Waals surface area contributed by atoms with Gasteiger partial charge in [-0.05, 0) is 26.0 Å². The van der Waals surface area contributed by atoms with Crippen molar-refractivity contribution in [1.82, 2.24) is 9.62 Å². The molecule has 0 spiro atoms. The Labute approximate surface area is 114 Å². The van der Waals surface area contributed by atoms with E-state index >= 15 is 0 Å². The first-order chi connectivity index (χ1) is 8.69. The summed E-state index contributed by atoms with van der Waals surface area (Å²) in [6.07, 6.45) is 0. The number of rotatable bonds is 7. The highest BCUT2D eigenvalue weighted by atomic mass is 32.2. The molecule has 0 amide bonds. The highest BCUT2D eigenvalue weighted by Crippen LogP contribution is 2.16. The van der Waals surface area contributed by atoms with Crippen molar-refractivity contribution in [1.29, 1.82) is 0 Å². The smallest absolute Gasteiger partial charge is 0.275 e. The largest absolute Gasteiger partial charge is 0.447 e. The zero-order chi connectivity index (χ0) is 14.7. The molecule has 0 aliphatic heterocycles. The maximum Gasteiger partial charge on any atom is 0.275 e. The molecule has 1 aromatic rings. The summed E-state index contributed by atoms with van der Waals surface area (Å²) in [7, 11) is 1.09. The predicted molar refractivity (Wildman–Crippen MR) is 72.4 cm³/mol. The molecule has 7 heteroatoms. The van der Waals surface area contributed by atoms with Crippen LogP contribution in [0.3, 0.4) is 0 Å². The van der Waals surface area contributed by atoms with Crippen LogP contribution in [0.15, 0.2) is 21.6 Å². The van der Waals surface area contributed by atoms with E-state index in [0.29, 0.717) is 18.8 Å². The number of furan rings is 1. The molecule has 0 bridgehead atoms. The Morgan fingerprint density at radius 1 is 1.37 bits per heavy atom. The van der Waals surface area contributed by atoms with E-state index in [4.69, 9.17) is 9.15 Å². The van der Waals surface area contributed by atoms with Crippen LogP contribution in [0.2, 0.25) is 0 Å². The van der Waals surface area contributed by atoms with Gasteiger partial charge < -0.3 is 14.5 Å². The van der Waals surface area contributed by atoms with Crippen molar-refractivity contribution in [3.05, 3.63) is 17.9 Å². The third-order valence-electron chi connectivity index (χ3n) is 2.77. The van der Waals surface area contributed by atoms with Crippen molar-refractivity contribution in [2.24, 2.45) is 0 Å². The van der Waals surface area contributed by atoms with Crippen LogP contribution >= 0.6 is 0 Å². The fourth-order valence-electron chi connectivity index (χ4n) is 1.33. The highest BCUT2D eigenvalue weighted by Gasteiger charge is 2.21. The second-order valence-corrected chi connectivity index (χ2v) is 7.16. The zero-order valence-electron chi connectivity index (χ0n) is 12.1. The summed E-state index contributed by atoms with van der Waals surface area (Å²) < 4.78 is 35.4. The molecule has 0 aromatic carbocycles. The summed E-state index contributed by atoms with van der Waals surface area (Å²) >= 11 is 0. The number of nitrogens with zero attached hydrogens (tertiary/aromatic N) is 1. The number of ether oxygens (including phenoxy) is 1. The third-order valence-corrected chi connectivity index (χ3v) is 4.46. The van der Waals surface area contributed by atoms with Gasteiger partial charge in [0.15, 0.2) is 0 Å². The van der Waals surface area contributed by atoms with Gasteiger partial charge >= 0.3 is 0 Å². The van der Waals surface area contributed by atoms with E-state index in [1.54, 1.807) is 13.2 Å². The summed E-state index contributed by atoms with van der Waals surface area (Å²) in [5.41, 5.74) is -0.273. The molecule has 0 aliphatic rings. The van der Waals surface area contributed by atoms with Gasteiger partial charge in [0.05, 0.1) is 12.1 Å². The van der Waals surface area contributed by atoms with Crippen molar-refractivity contribution in [3.8, 4) is 0 Å². The van der Waals surface area contributed by atoms with E-state index in [1.807, 2.05) is 13.8 Å². The van der Waals surface area contributed by atoms with Gasteiger partial charge in [-0.25, -0.2) is 12.7 Å². The quantitative estimate of drug-likeness (QED) is 0.812. The van der Waals surface area contributed by atoms with E-state index in [-0.39, 0.29) is 10.7 Å². The van der Waals surface area contributed by atoms with Crippen LogP contribution in [-0.2, 0) is 21.3 Å². The zero-order valence-corrected chi connectivity index (χ0v) is 12.9. The molecule has 6 nitrogen and oxygen atoms in total. The summed E-state index contributed by atoms with van der Waals surface area (Å²) in [6.45, 7) is 5.02. The standard InChI is InChI=1S/C12H22N2O4S/c1-12(2,17-5)9-13-8-10-6-7-11(18-10)19(15,16)14(3)4/h6-7,13H,8-9H2,1-5H3. The molecular weight excluding hydrogens is 268 g/mol. The van der Waals surface area contributed by atoms with Gasteiger partial charge in [-0.2, -0.15) is 0 Å².